The second kappa shape index (κ2) is 5.95. The number of aromatic nitrogens is 2. The molecule has 5 heteroatoms. The van der Waals surface area contributed by atoms with Crippen LogP contribution in [0.4, 0.5) is 0 Å². The zero-order valence-corrected chi connectivity index (χ0v) is 12.1. The van der Waals surface area contributed by atoms with Crippen molar-refractivity contribution in [3.05, 3.63) is 18.2 Å². The highest BCUT2D eigenvalue weighted by Crippen LogP contribution is 2.28. The van der Waals surface area contributed by atoms with Gasteiger partial charge in [-0.25, -0.2) is 4.98 Å². The average Bonchev–Trinajstić information content (AvgIpc) is 3.17. The van der Waals surface area contributed by atoms with Crippen LogP contribution in [-0.4, -0.2) is 46.2 Å². The lowest BCUT2D eigenvalue weighted by Crippen LogP contribution is -2.43. The Bertz CT molecular complexity index is 457. The fraction of sp³-hybridized carbons (Fsp3) is 0.733. The minimum absolute atomic E-state index is 0.177. The molecule has 1 aromatic heterocycles. The van der Waals surface area contributed by atoms with Gasteiger partial charge in [0.1, 0.15) is 11.9 Å². The van der Waals surface area contributed by atoms with E-state index in [0.717, 1.165) is 51.9 Å². The fourth-order valence-electron chi connectivity index (χ4n) is 3.28. The molecule has 0 aromatic carbocycles. The predicted octanol–water partition coefficient (Wildman–Crippen LogP) is 1.79. The van der Waals surface area contributed by atoms with Gasteiger partial charge in [-0.15, -0.1) is 0 Å². The van der Waals surface area contributed by atoms with Gasteiger partial charge in [-0.2, -0.15) is 0 Å². The summed E-state index contributed by atoms with van der Waals surface area (Å²) < 4.78 is 7.71. The second-order valence-corrected chi connectivity index (χ2v) is 5.67. The maximum Gasteiger partial charge on any atom is 0.251 e. The summed E-state index contributed by atoms with van der Waals surface area (Å²) in [6.45, 7) is 5.51. The fourth-order valence-corrected chi connectivity index (χ4v) is 3.28. The summed E-state index contributed by atoms with van der Waals surface area (Å²) in [5.74, 6) is 1.86. The van der Waals surface area contributed by atoms with E-state index < -0.39 is 0 Å². The summed E-state index contributed by atoms with van der Waals surface area (Å²) in [4.78, 5) is 18.8. The first-order valence-electron chi connectivity index (χ1n) is 7.71. The number of imidazole rings is 1. The molecule has 2 aliphatic rings. The largest absolute Gasteiger partial charge is 0.368 e. The predicted molar refractivity (Wildman–Crippen MR) is 75.4 cm³/mol. The van der Waals surface area contributed by atoms with Crippen molar-refractivity contribution in [2.24, 2.45) is 0 Å². The van der Waals surface area contributed by atoms with E-state index in [1.54, 1.807) is 0 Å². The summed E-state index contributed by atoms with van der Waals surface area (Å²) in [7, 11) is 0. The van der Waals surface area contributed by atoms with E-state index >= 15 is 0 Å². The van der Waals surface area contributed by atoms with Crippen molar-refractivity contribution in [1.29, 1.82) is 0 Å². The van der Waals surface area contributed by atoms with Gasteiger partial charge in [-0.3, -0.25) is 4.79 Å². The molecule has 3 heterocycles. The Labute approximate surface area is 119 Å². The zero-order valence-electron chi connectivity index (χ0n) is 12.1. The van der Waals surface area contributed by atoms with Gasteiger partial charge < -0.3 is 14.2 Å². The summed E-state index contributed by atoms with van der Waals surface area (Å²) in [6, 6.07) is 0. The lowest BCUT2D eigenvalue weighted by atomic mass is 9.95. The first kappa shape index (κ1) is 13.6. The van der Waals surface area contributed by atoms with Gasteiger partial charge in [0.2, 0.25) is 0 Å². The Balaban J connectivity index is 1.58. The molecule has 1 atom stereocenters. The van der Waals surface area contributed by atoms with E-state index in [2.05, 4.69) is 16.5 Å². The molecule has 0 radical (unpaired) electrons. The van der Waals surface area contributed by atoms with Crippen LogP contribution in [0.25, 0.3) is 0 Å². The minimum Gasteiger partial charge on any atom is -0.368 e. The Morgan fingerprint density at radius 2 is 2.20 bits per heavy atom. The molecule has 0 N–H and O–H groups in total. The number of piperidine rings is 1. The van der Waals surface area contributed by atoms with Crippen LogP contribution in [0.1, 0.15) is 44.3 Å². The third-order valence-corrected chi connectivity index (χ3v) is 4.47. The molecule has 0 saturated carbocycles. The number of ether oxygens (including phenoxy) is 1. The third kappa shape index (κ3) is 2.59. The normalized spacial score (nSPS) is 24.2. The Morgan fingerprint density at radius 1 is 1.40 bits per heavy atom. The molecule has 1 amide bonds. The van der Waals surface area contributed by atoms with Gasteiger partial charge in [0.15, 0.2) is 0 Å². The molecule has 1 aromatic rings. The van der Waals surface area contributed by atoms with Crippen molar-refractivity contribution < 1.29 is 9.53 Å². The lowest BCUT2D eigenvalue weighted by Gasteiger charge is -2.33. The number of amides is 1. The molecule has 2 saturated heterocycles. The highest BCUT2D eigenvalue weighted by Gasteiger charge is 2.32. The van der Waals surface area contributed by atoms with Gasteiger partial charge in [0, 0.05) is 44.6 Å². The number of carbonyl (C=O) groups excluding carboxylic acids is 1. The molecular weight excluding hydrogens is 254 g/mol. The van der Waals surface area contributed by atoms with E-state index in [1.807, 2.05) is 17.3 Å². The zero-order chi connectivity index (χ0) is 13.9. The van der Waals surface area contributed by atoms with Crippen LogP contribution >= 0.6 is 0 Å². The van der Waals surface area contributed by atoms with E-state index in [0.29, 0.717) is 5.92 Å². The summed E-state index contributed by atoms with van der Waals surface area (Å²) in [6.07, 6.45) is 7.66. The highest BCUT2D eigenvalue weighted by molar-refractivity contribution is 5.81. The smallest absolute Gasteiger partial charge is 0.251 e. The van der Waals surface area contributed by atoms with Crippen molar-refractivity contribution in [2.45, 2.75) is 51.2 Å². The number of rotatable bonds is 3. The number of hydrogen-bond acceptors (Lipinski definition) is 3. The molecule has 20 heavy (non-hydrogen) atoms. The first-order chi connectivity index (χ1) is 9.79. The lowest BCUT2D eigenvalue weighted by molar-refractivity contribution is -0.142. The molecule has 0 aliphatic carbocycles. The van der Waals surface area contributed by atoms with Crippen LogP contribution in [0.3, 0.4) is 0 Å². The quantitative estimate of drug-likeness (QED) is 0.846. The van der Waals surface area contributed by atoms with E-state index in [1.165, 1.54) is 5.82 Å². The Hall–Kier alpha value is -1.36. The van der Waals surface area contributed by atoms with E-state index in [4.69, 9.17) is 4.74 Å². The number of nitrogens with zero attached hydrogens (tertiary/aromatic N) is 3. The van der Waals surface area contributed by atoms with Crippen LogP contribution in [0, 0.1) is 0 Å². The van der Waals surface area contributed by atoms with Gasteiger partial charge in [-0.05, 0) is 32.6 Å². The molecular formula is C15H23N3O2. The Kier molecular flexibility index (Phi) is 4.05. The SMILES string of the molecule is CCn1ccnc1C1CCN(C(=O)[C@H]2CCCO2)CC1. The van der Waals surface area contributed by atoms with Crippen LogP contribution in [-0.2, 0) is 16.1 Å². The van der Waals surface area contributed by atoms with Crippen LogP contribution in [0.2, 0.25) is 0 Å². The molecule has 0 unspecified atom stereocenters. The number of carbonyl (C=O) groups is 1. The van der Waals surface area contributed by atoms with Gasteiger partial charge in [0.05, 0.1) is 0 Å². The van der Waals surface area contributed by atoms with E-state index in [9.17, 15) is 4.79 Å². The number of likely N-dealkylation sites (tertiary alicyclic amines) is 1. The van der Waals surface area contributed by atoms with Gasteiger partial charge in [0.25, 0.3) is 5.91 Å². The highest BCUT2D eigenvalue weighted by atomic mass is 16.5. The van der Waals surface area contributed by atoms with Crippen molar-refractivity contribution in [2.75, 3.05) is 19.7 Å². The molecule has 0 bridgehead atoms. The number of aryl methyl sites for hydroxylation is 1. The summed E-state index contributed by atoms with van der Waals surface area (Å²) in [5, 5.41) is 0. The standard InChI is InChI=1S/C15H23N3O2/c1-2-17-10-7-16-14(17)12-5-8-18(9-6-12)15(19)13-4-3-11-20-13/h7,10,12-13H,2-6,8-9,11H2,1H3/t13-/m1/s1. The Morgan fingerprint density at radius 3 is 2.85 bits per heavy atom. The summed E-state index contributed by atoms with van der Waals surface area (Å²) >= 11 is 0. The molecule has 110 valence electrons. The van der Waals surface area contributed by atoms with Gasteiger partial charge >= 0.3 is 0 Å². The third-order valence-electron chi connectivity index (χ3n) is 4.47. The monoisotopic (exact) mass is 277 g/mol. The molecule has 0 spiro atoms. The van der Waals surface area contributed by atoms with Crippen LogP contribution in [0.15, 0.2) is 12.4 Å². The average molecular weight is 277 g/mol. The summed E-state index contributed by atoms with van der Waals surface area (Å²) in [5.41, 5.74) is 0. The topological polar surface area (TPSA) is 47.4 Å². The number of hydrogen-bond donors (Lipinski definition) is 0. The minimum atomic E-state index is -0.177. The van der Waals surface area contributed by atoms with Crippen LogP contribution < -0.4 is 0 Å². The molecule has 3 rings (SSSR count). The second-order valence-electron chi connectivity index (χ2n) is 5.67. The van der Waals surface area contributed by atoms with Crippen molar-refractivity contribution >= 4 is 5.91 Å². The van der Waals surface area contributed by atoms with Crippen LogP contribution in [0.5, 0.6) is 0 Å². The van der Waals surface area contributed by atoms with Crippen molar-refractivity contribution in [3.63, 3.8) is 0 Å². The van der Waals surface area contributed by atoms with Crippen molar-refractivity contribution in [3.8, 4) is 0 Å². The van der Waals surface area contributed by atoms with Crippen molar-refractivity contribution in [1.82, 2.24) is 14.5 Å². The maximum atomic E-state index is 12.3. The maximum absolute atomic E-state index is 12.3. The first-order valence-corrected chi connectivity index (χ1v) is 7.71. The molecule has 2 fully saturated rings. The van der Waals surface area contributed by atoms with Gasteiger partial charge in [-0.1, -0.05) is 0 Å². The molecule has 2 aliphatic heterocycles. The van der Waals surface area contributed by atoms with E-state index in [-0.39, 0.29) is 12.0 Å². The molecule has 5 nitrogen and oxygen atoms in total.